The van der Waals surface area contributed by atoms with Gasteiger partial charge in [0.2, 0.25) is 18.6 Å². The molecule has 4 aromatic heterocycles. The molecule has 0 bridgehead atoms. The molecule has 0 unspecified atom stereocenters. The van der Waals surface area contributed by atoms with Crippen molar-refractivity contribution in [1.29, 1.82) is 0 Å². The Morgan fingerprint density at radius 2 is 1.58 bits per heavy atom. The number of carboxylic acids is 2. The predicted octanol–water partition coefficient (Wildman–Crippen LogP) is 3.33. The Bertz CT molecular complexity index is 3530. The first-order valence-electron chi connectivity index (χ1n) is 21.7. The van der Waals surface area contributed by atoms with Gasteiger partial charge in [0.15, 0.2) is 34.2 Å². The van der Waals surface area contributed by atoms with Crippen LogP contribution in [0.2, 0.25) is 0 Å². The minimum Gasteiger partial charge on any atom is -0.668 e. The summed E-state index contributed by atoms with van der Waals surface area (Å²) in [5.41, 5.74) is 20.7. The Hall–Kier alpha value is -9.30. The number of nitrogen functional groups attached to an aromatic ring is 1. The van der Waals surface area contributed by atoms with E-state index in [9.17, 15) is 43.5 Å². The van der Waals surface area contributed by atoms with Crippen molar-refractivity contribution in [3.05, 3.63) is 116 Å². The number of rotatable bonds is 18. The van der Waals surface area contributed by atoms with Crippen LogP contribution in [-0.2, 0) is 55.6 Å². The quantitative estimate of drug-likeness (QED) is 0.0530. The number of nitrogens with two attached hydrogens (primary N) is 1. The number of H-pyrrole nitrogens is 1. The summed E-state index contributed by atoms with van der Waals surface area (Å²) in [4.78, 5) is 116. The van der Waals surface area contributed by atoms with E-state index in [1.807, 2.05) is 0 Å². The molecule has 3 aromatic carbocycles. The smallest absolute Gasteiger partial charge is 0.668 e. The van der Waals surface area contributed by atoms with Crippen molar-refractivity contribution in [3.8, 4) is 23.0 Å². The number of aromatic nitrogens is 6. The van der Waals surface area contributed by atoms with Gasteiger partial charge in [-0.05, 0) is 55.3 Å². The van der Waals surface area contributed by atoms with Crippen molar-refractivity contribution in [3.63, 3.8) is 0 Å². The van der Waals surface area contributed by atoms with Gasteiger partial charge in [0.1, 0.15) is 6.04 Å². The molecule has 8 rings (SSSR count). The number of nitrogens with zero attached hydrogens (tertiary/aromatic N) is 6. The van der Waals surface area contributed by atoms with E-state index in [1.54, 1.807) is 42.6 Å². The van der Waals surface area contributed by atoms with E-state index in [1.165, 1.54) is 49.1 Å². The maximum Gasteiger partial charge on any atom is 2.00 e. The van der Waals surface area contributed by atoms with Gasteiger partial charge in [-0.2, -0.15) is 4.98 Å². The summed E-state index contributed by atoms with van der Waals surface area (Å²) < 4.78 is 23.5. The van der Waals surface area contributed by atoms with E-state index in [-0.39, 0.29) is 86.1 Å². The Labute approximate surface area is 428 Å². The first-order valence-corrected chi connectivity index (χ1v) is 21.7. The number of pyridine rings is 2. The van der Waals surface area contributed by atoms with Crippen LogP contribution in [0.4, 0.5) is 11.6 Å². The van der Waals surface area contributed by atoms with E-state index < -0.39 is 59.2 Å². The van der Waals surface area contributed by atoms with Gasteiger partial charge in [-0.3, -0.25) is 29.1 Å². The number of aliphatic carboxylic acids is 2. The number of amides is 4. The first kappa shape index (κ1) is 54.0. The number of methoxy groups -OCH3 is 2. The van der Waals surface area contributed by atoms with E-state index in [4.69, 9.17) is 41.3 Å². The zero-order valence-electron chi connectivity index (χ0n) is 39.4. The summed E-state index contributed by atoms with van der Waals surface area (Å²) in [6.45, 7) is 0.337. The van der Waals surface area contributed by atoms with Gasteiger partial charge in [0, 0.05) is 83.8 Å². The molecule has 74 heavy (non-hydrogen) atoms. The maximum absolute atomic E-state index is 14.0. The largest absolute Gasteiger partial charge is 2.00 e. The normalized spacial score (nSPS) is 12.0. The summed E-state index contributed by atoms with van der Waals surface area (Å²) in [6.07, 6.45) is 2.78. The third kappa shape index (κ3) is 12.2. The monoisotopic (exact) mass is 1050 g/mol. The summed E-state index contributed by atoms with van der Waals surface area (Å²) in [5.74, 6) is -4.31. The Kier molecular flexibility index (Phi) is 17.0. The number of likely N-dealkylation sites (N-methyl/N-ethyl adjacent to an activating group) is 1. The van der Waals surface area contributed by atoms with Gasteiger partial charge in [-0.1, -0.05) is 0 Å². The molecule has 26 nitrogen and oxygen atoms in total. The van der Waals surface area contributed by atoms with E-state index in [0.717, 1.165) is 6.08 Å². The fraction of sp³-hybridized carbons (Fsp3) is 0.234. The number of carbonyl (C=O) groups excluding carboxylic acids is 4. The Balaban J connectivity index is 0.000000245. The second-order valence-electron chi connectivity index (χ2n) is 16.0. The van der Waals surface area contributed by atoms with Crippen LogP contribution in [0.3, 0.4) is 0 Å². The van der Waals surface area contributed by atoms with Gasteiger partial charge >= 0.3 is 30.5 Å². The van der Waals surface area contributed by atoms with Crippen LogP contribution in [0, 0.1) is 0 Å². The summed E-state index contributed by atoms with van der Waals surface area (Å²) in [7, 11) is 4.41. The molecule has 9 N–H and O–H groups in total. The van der Waals surface area contributed by atoms with E-state index >= 15 is 0 Å². The number of nitrogens with one attached hydrogen (secondary N) is 5. The van der Waals surface area contributed by atoms with Crippen molar-refractivity contribution < 1.29 is 76.5 Å². The number of fused-ring (bicyclic) bond motifs is 7. The van der Waals surface area contributed by atoms with Gasteiger partial charge in [0.25, 0.3) is 17.0 Å². The molecule has 1 atom stereocenters. The van der Waals surface area contributed by atoms with Crippen molar-refractivity contribution in [2.24, 2.45) is 0 Å². The average molecular weight is 1050 g/mol. The van der Waals surface area contributed by atoms with Crippen LogP contribution in [-0.4, -0.2) is 121 Å². The minimum absolute atomic E-state index is 0. The Morgan fingerprint density at radius 1 is 0.905 bits per heavy atom. The van der Waals surface area contributed by atoms with Gasteiger partial charge in [-0.15, -0.1) is 0 Å². The van der Waals surface area contributed by atoms with Crippen LogP contribution >= 0.6 is 0 Å². The number of anilines is 2. The molecule has 1 aliphatic heterocycles. The summed E-state index contributed by atoms with van der Waals surface area (Å²) in [6, 6.07) is 11.7. The van der Waals surface area contributed by atoms with Gasteiger partial charge in [-0.25, -0.2) is 19.6 Å². The molecule has 0 spiro atoms. The van der Waals surface area contributed by atoms with Gasteiger partial charge in [0.05, 0.1) is 55.0 Å². The Morgan fingerprint density at radius 3 is 2.22 bits per heavy atom. The molecule has 7 aromatic rings. The number of carbonyl (C=O) groups is 6. The fourth-order valence-corrected chi connectivity index (χ4v) is 7.54. The molecule has 4 amide bonds. The summed E-state index contributed by atoms with van der Waals surface area (Å²) >= 11 is 0. The second-order valence-corrected chi connectivity index (χ2v) is 16.0. The molecule has 0 fully saturated rings. The molecule has 0 saturated heterocycles. The molecular weight excluding hydrogens is 1010 g/mol. The number of carboxylic acid groups (broad SMARTS) is 2. The van der Waals surface area contributed by atoms with Crippen LogP contribution in [0.15, 0.2) is 82.2 Å². The molecule has 1 aliphatic rings. The standard InChI is InChI=1S/C28H26N4O9.C19H20N8O5.V/c1-31(25(34)7-14(28(36)37)6-24(29)33)4-5-32-26-17-10-22-23(41-13-40-22)11-19(17)30-12-18(26)15-8-20(38-2)21(39-3)9-16(15)27(32)35;20-13(28)6-5-12(18(31)32)25-16(29)9-1-3-10(4-2-9)22-7-11-8-23-15-14(24-11)17(30)27-19(21)26-15;/h7-12H,4-6,13H2,1-3H3,(H3,29,33,36,37);1-4,8,12H,5-7H2,(H8,20,21,22,23,25,26,27,28,29,30,31,32);/q;;+2/p-2/b14-7-;;/t;12-;/m.0./s1. The first-order chi connectivity index (χ1) is 34.8. The maximum atomic E-state index is 14.0. The SMILES string of the molecule is COc1cc2c(=O)n(CCN(C)C(=O)/C=C(/CC([NH-])=O)C(=O)O)c3c4cc5c(cc4ncc3c2cc1OC)OCO5.[NH-]C(=O)CC[C@H](NC(=O)c1ccc(NCc2cnc3nc(N)[nH]c(=O)c3n2)cc1)C(=O)O.[V+2]. The van der Waals surface area contributed by atoms with Crippen LogP contribution in [0.25, 0.3) is 55.2 Å². The van der Waals surface area contributed by atoms with Crippen LogP contribution < -0.4 is 46.4 Å². The molecular formula is C47H44N12O14V. The van der Waals surface area contributed by atoms with Crippen LogP contribution in [0.5, 0.6) is 23.0 Å². The van der Waals surface area contributed by atoms with Crippen molar-refractivity contribution in [2.75, 3.05) is 45.7 Å². The third-order valence-corrected chi connectivity index (χ3v) is 11.2. The van der Waals surface area contributed by atoms with Crippen molar-refractivity contribution in [1.82, 2.24) is 39.7 Å². The number of ether oxygens (including phenoxy) is 4. The minimum atomic E-state index is -1.47. The second kappa shape index (κ2) is 23.3. The zero-order valence-corrected chi connectivity index (χ0v) is 40.8. The molecule has 27 heteroatoms. The van der Waals surface area contributed by atoms with Crippen molar-refractivity contribution >= 4 is 90.9 Å². The number of aromatic amines is 1. The topological polar surface area (TPSA) is 387 Å². The number of hydrogen-bond donors (Lipinski definition) is 6. The van der Waals surface area contributed by atoms with E-state index in [0.29, 0.717) is 67.0 Å². The molecule has 0 saturated carbocycles. The molecule has 0 aliphatic carbocycles. The third-order valence-electron chi connectivity index (χ3n) is 11.2. The summed E-state index contributed by atoms with van der Waals surface area (Å²) in [5, 5.41) is 26.1. The van der Waals surface area contributed by atoms with E-state index in [2.05, 4.69) is 35.6 Å². The zero-order chi connectivity index (χ0) is 52.7. The average Bonchev–Trinajstić information content (AvgIpc) is 3.83. The van der Waals surface area contributed by atoms with Gasteiger partial charge < -0.3 is 76.1 Å². The van der Waals surface area contributed by atoms with Crippen molar-refractivity contribution in [2.45, 2.75) is 38.4 Å². The number of benzene rings is 3. The van der Waals surface area contributed by atoms with Crippen LogP contribution in [0.1, 0.15) is 35.3 Å². The molecule has 381 valence electrons. The number of hydrogen-bond acceptors (Lipinski definition) is 18. The molecule has 5 heterocycles. The fourth-order valence-electron chi connectivity index (χ4n) is 7.54. The molecule has 1 radical (unpaired) electrons. The predicted molar refractivity (Wildman–Crippen MR) is 261 cm³/mol.